The maximum Gasteiger partial charge on any atom is 0.431 e. The van der Waals surface area contributed by atoms with Crippen LogP contribution >= 0.6 is 0 Å². The van der Waals surface area contributed by atoms with Gasteiger partial charge in [-0.15, -0.1) is 0 Å². The lowest BCUT2D eigenvalue weighted by Gasteiger charge is -2.29. The number of carbonyl (C=O) groups is 1. The summed E-state index contributed by atoms with van der Waals surface area (Å²) in [6, 6.07) is 14.7. The van der Waals surface area contributed by atoms with Crippen LogP contribution in [0, 0.1) is 29.0 Å². The van der Waals surface area contributed by atoms with E-state index in [1.54, 1.807) is 19.1 Å². The molecule has 2 heterocycles. The van der Waals surface area contributed by atoms with Crippen LogP contribution in [0.15, 0.2) is 83.9 Å². The molecule has 2 fully saturated rings. The highest BCUT2D eigenvalue weighted by Crippen LogP contribution is 2.38. The number of alkyl halides is 3. The zero-order chi connectivity index (χ0) is 36.4. The standard InChI is InChI=1S/C43H55F4N3O/c1-3-31(2)42(43(45,46)47)50-28-10-13-34(29-41(50)48)20-19-32-11-9-12-33(18-17-32)21-26-40(51)39-16-5-4-8-27-49(39)30-36-14-6-7-15-38(36)35-22-24-37(44)25-23-35/h6-8,14-16,22-25,27,32-34,48H,3-5,9-13,17-21,26,28-30H2,1-2H3. The van der Waals surface area contributed by atoms with Gasteiger partial charge >= 0.3 is 6.18 Å². The van der Waals surface area contributed by atoms with Crippen LogP contribution < -0.4 is 0 Å². The molecule has 1 saturated carbocycles. The quantitative estimate of drug-likeness (QED) is 0.177. The van der Waals surface area contributed by atoms with E-state index in [0.717, 1.165) is 93.0 Å². The molecule has 8 heteroatoms. The van der Waals surface area contributed by atoms with Gasteiger partial charge in [-0.2, -0.15) is 13.2 Å². The maximum atomic E-state index is 14.0. The number of benzene rings is 2. The van der Waals surface area contributed by atoms with Gasteiger partial charge in [0.05, 0.1) is 5.70 Å². The lowest BCUT2D eigenvalue weighted by atomic mass is 9.87. The van der Waals surface area contributed by atoms with Crippen molar-refractivity contribution in [2.24, 2.45) is 17.8 Å². The second kappa shape index (κ2) is 18.2. The van der Waals surface area contributed by atoms with Crippen molar-refractivity contribution in [3.8, 4) is 11.1 Å². The smallest absolute Gasteiger partial charge is 0.341 e. The van der Waals surface area contributed by atoms with Crippen LogP contribution in [0.1, 0.15) is 116 Å². The highest BCUT2D eigenvalue weighted by Gasteiger charge is 2.41. The van der Waals surface area contributed by atoms with Gasteiger partial charge in [0.2, 0.25) is 0 Å². The SMILES string of the molecule is CCC(C)=C(N1CCCC(CCC2CCCC(CCC(=O)C3=CCCC=CN3Cc3ccccc3-c3ccc(F)cc3)CC2)CC1=N)C(F)(F)F. The van der Waals surface area contributed by atoms with Crippen LogP contribution in [0.3, 0.4) is 0 Å². The number of likely N-dealkylation sites (tertiary alicyclic amines) is 1. The van der Waals surface area contributed by atoms with Crippen molar-refractivity contribution in [3.05, 3.63) is 95.2 Å². The molecule has 2 aromatic carbocycles. The predicted molar refractivity (Wildman–Crippen MR) is 198 cm³/mol. The van der Waals surface area contributed by atoms with Gasteiger partial charge in [0, 0.05) is 32.1 Å². The second-order valence-corrected chi connectivity index (χ2v) is 14.9. The summed E-state index contributed by atoms with van der Waals surface area (Å²) in [6.45, 7) is 4.10. The Bertz CT molecular complexity index is 1570. The van der Waals surface area contributed by atoms with Crippen molar-refractivity contribution in [3.63, 3.8) is 0 Å². The van der Waals surface area contributed by atoms with Crippen molar-refractivity contribution in [1.29, 1.82) is 5.41 Å². The minimum atomic E-state index is -4.45. The van der Waals surface area contributed by atoms with Crippen LogP contribution in [-0.2, 0) is 11.3 Å². The minimum Gasteiger partial charge on any atom is -0.341 e. The van der Waals surface area contributed by atoms with Gasteiger partial charge in [-0.3, -0.25) is 10.2 Å². The summed E-state index contributed by atoms with van der Waals surface area (Å²) in [6.07, 6.45) is 14.9. The number of ketones is 1. The van der Waals surface area contributed by atoms with E-state index in [2.05, 4.69) is 23.1 Å². The number of amidine groups is 1. The van der Waals surface area contributed by atoms with E-state index >= 15 is 0 Å². The summed E-state index contributed by atoms with van der Waals surface area (Å²) in [5, 5.41) is 8.61. The molecule has 1 N–H and O–H groups in total. The molecule has 51 heavy (non-hydrogen) atoms. The lowest BCUT2D eigenvalue weighted by Crippen LogP contribution is -2.37. The van der Waals surface area contributed by atoms with Crippen LogP contribution in [0.4, 0.5) is 17.6 Å². The Kier molecular flexibility index (Phi) is 13.7. The monoisotopic (exact) mass is 705 g/mol. The average molecular weight is 706 g/mol. The number of hydrogen-bond donors (Lipinski definition) is 1. The molecule has 2 aromatic rings. The summed E-state index contributed by atoms with van der Waals surface area (Å²) >= 11 is 0. The van der Waals surface area contributed by atoms with Gasteiger partial charge in [-0.05, 0) is 104 Å². The fourth-order valence-corrected chi connectivity index (χ4v) is 8.29. The first-order valence-corrected chi connectivity index (χ1v) is 19.2. The summed E-state index contributed by atoms with van der Waals surface area (Å²) in [7, 11) is 0. The molecule has 1 aliphatic carbocycles. The second-order valence-electron chi connectivity index (χ2n) is 14.9. The molecule has 3 unspecified atom stereocenters. The zero-order valence-electron chi connectivity index (χ0n) is 30.4. The largest absolute Gasteiger partial charge is 0.431 e. The first-order valence-electron chi connectivity index (χ1n) is 19.2. The molecule has 4 nitrogen and oxygen atoms in total. The van der Waals surface area contributed by atoms with Gasteiger partial charge in [0.25, 0.3) is 0 Å². The number of hydrogen-bond acceptors (Lipinski definition) is 3. The van der Waals surface area contributed by atoms with E-state index in [1.807, 2.05) is 24.4 Å². The Hall–Kier alpha value is -3.68. The number of nitrogens with zero attached hydrogens (tertiary/aromatic N) is 2. The number of halogens is 4. The Balaban J connectivity index is 1.11. The highest BCUT2D eigenvalue weighted by molar-refractivity contribution is 5.95. The summed E-state index contributed by atoms with van der Waals surface area (Å²) in [4.78, 5) is 17.1. The summed E-state index contributed by atoms with van der Waals surface area (Å²) in [5.41, 5.74) is 3.49. The number of allylic oxidation sites excluding steroid dienone is 5. The fraction of sp³-hybridized carbons (Fsp3) is 0.535. The molecule has 0 aromatic heterocycles. The van der Waals surface area contributed by atoms with Gasteiger partial charge < -0.3 is 9.80 Å². The van der Waals surface area contributed by atoms with E-state index in [0.29, 0.717) is 49.6 Å². The highest BCUT2D eigenvalue weighted by atomic mass is 19.4. The van der Waals surface area contributed by atoms with E-state index < -0.39 is 11.9 Å². The van der Waals surface area contributed by atoms with Crippen LogP contribution in [0.5, 0.6) is 0 Å². The number of nitrogens with one attached hydrogen (secondary N) is 1. The molecule has 0 amide bonds. The van der Waals surface area contributed by atoms with Crippen molar-refractivity contribution in [2.45, 2.75) is 123 Å². The van der Waals surface area contributed by atoms with E-state index in [4.69, 9.17) is 5.41 Å². The molecule has 5 rings (SSSR count). The van der Waals surface area contributed by atoms with Crippen LogP contribution in [0.25, 0.3) is 11.1 Å². The predicted octanol–water partition coefficient (Wildman–Crippen LogP) is 12.1. The lowest BCUT2D eigenvalue weighted by molar-refractivity contribution is -0.117. The molecule has 1 saturated heterocycles. The van der Waals surface area contributed by atoms with E-state index in [-0.39, 0.29) is 29.9 Å². The zero-order valence-corrected chi connectivity index (χ0v) is 30.4. The van der Waals surface area contributed by atoms with Crippen LogP contribution in [-0.4, -0.2) is 34.1 Å². The fourth-order valence-electron chi connectivity index (χ4n) is 8.29. The summed E-state index contributed by atoms with van der Waals surface area (Å²) < 4.78 is 55.5. The Morgan fingerprint density at radius 1 is 0.882 bits per heavy atom. The molecule has 0 bridgehead atoms. The Labute approximate surface area is 302 Å². The van der Waals surface area contributed by atoms with E-state index in [9.17, 15) is 22.4 Å². The van der Waals surface area contributed by atoms with Crippen molar-refractivity contribution in [2.75, 3.05) is 6.54 Å². The van der Waals surface area contributed by atoms with Crippen molar-refractivity contribution in [1.82, 2.24) is 9.80 Å². The van der Waals surface area contributed by atoms with E-state index in [1.165, 1.54) is 24.0 Å². The molecule has 276 valence electrons. The number of Topliss-reactive ketones (excluding diaryl/α,β-unsaturated/α-hetero) is 1. The maximum absolute atomic E-state index is 14.0. The van der Waals surface area contributed by atoms with Crippen molar-refractivity contribution >= 4 is 11.6 Å². The molecular weight excluding hydrogens is 650 g/mol. The molecule has 0 spiro atoms. The van der Waals surface area contributed by atoms with Crippen molar-refractivity contribution < 1.29 is 22.4 Å². The Morgan fingerprint density at radius 3 is 2.29 bits per heavy atom. The third kappa shape index (κ3) is 10.7. The molecule has 3 atom stereocenters. The minimum absolute atomic E-state index is 0.109. The first kappa shape index (κ1) is 38.5. The molecular formula is C43H55F4N3O. The van der Waals surface area contributed by atoms with Gasteiger partial charge in [-0.25, -0.2) is 4.39 Å². The van der Waals surface area contributed by atoms with Crippen LogP contribution in [0.2, 0.25) is 0 Å². The molecule has 0 radical (unpaired) electrons. The normalized spacial score (nSPS) is 22.5. The topological polar surface area (TPSA) is 47.4 Å². The average Bonchev–Trinajstić information content (AvgIpc) is 3.56. The van der Waals surface area contributed by atoms with Gasteiger partial charge in [-0.1, -0.05) is 94.0 Å². The summed E-state index contributed by atoms with van der Waals surface area (Å²) in [5.74, 6) is 1.39. The molecule has 3 aliphatic rings. The first-order chi connectivity index (χ1) is 24.5. The third-order valence-corrected chi connectivity index (χ3v) is 11.3. The number of carbonyl (C=O) groups excluding carboxylic acids is 1. The Morgan fingerprint density at radius 2 is 1.57 bits per heavy atom. The van der Waals surface area contributed by atoms with Gasteiger partial charge in [0.1, 0.15) is 17.3 Å². The number of rotatable bonds is 12. The molecule has 2 aliphatic heterocycles. The third-order valence-electron chi connectivity index (χ3n) is 11.3. The van der Waals surface area contributed by atoms with Gasteiger partial charge in [0.15, 0.2) is 5.78 Å².